The summed E-state index contributed by atoms with van der Waals surface area (Å²) in [5.74, 6) is -0.613. The van der Waals surface area contributed by atoms with Crippen molar-refractivity contribution >= 4 is 0 Å². The van der Waals surface area contributed by atoms with Gasteiger partial charge in [-0.05, 0) is 18.5 Å². The molecule has 18 heavy (non-hydrogen) atoms. The fourth-order valence-electron chi connectivity index (χ4n) is 1.34. The minimum Gasteiger partial charge on any atom is -0.470 e. The lowest BCUT2D eigenvalue weighted by molar-refractivity contribution is 0.0772. The van der Waals surface area contributed by atoms with Crippen LogP contribution in [0.4, 0.5) is 13.2 Å². The van der Waals surface area contributed by atoms with E-state index in [1.54, 1.807) is 0 Å². The molecule has 1 rings (SSSR count). The highest BCUT2D eigenvalue weighted by Gasteiger charge is 2.12. The van der Waals surface area contributed by atoms with Crippen molar-refractivity contribution < 1.29 is 17.9 Å². The van der Waals surface area contributed by atoms with Crippen LogP contribution >= 0.6 is 0 Å². The van der Waals surface area contributed by atoms with Gasteiger partial charge in [0.05, 0.1) is 0 Å². The maximum absolute atomic E-state index is 13.8. The van der Waals surface area contributed by atoms with Crippen LogP contribution in [0.2, 0.25) is 0 Å². The lowest BCUT2D eigenvalue weighted by Crippen LogP contribution is -2.20. The van der Waals surface area contributed by atoms with Gasteiger partial charge in [0.2, 0.25) is 0 Å². The van der Waals surface area contributed by atoms with Crippen molar-refractivity contribution in [3.63, 3.8) is 0 Å². The summed E-state index contributed by atoms with van der Waals surface area (Å²) >= 11 is 0. The molecular weight excluding hydrogens is 245 g/mol. The van der Waals surface area contributed by atoms with Crippen LogP contribution in [-0.2, 0) is 6.54 Å². The van der Waals surface area contributed by atoms with E-state index in [-0.39, 0.29) is 5.88 Å². The summed E-state index contributed by atoms with van der Waals surface area (Å²) in [4.78, 5) is 3.60. The fourth-order valence-corrected chi connectivity index (χ4v) is 1.34. The molecule has 1 aromatic heterocycles. The average molecular weight is 262 g/mol. The fraction of sp³-hybridized carbons (Fsp3) is 0.583. The Morgan fingerprint density at radius 1 is 1.39 bits per heavy atom. The summed E-state index contributed by atoms with van der Waals surface area (Å²) in [6.07, 6.45) is -1.30. The number of hydrogen-bond acceptors (Lipinski definition) is 3. The van der Waals surface area contributed by atoms with Gasteiger partial charge >= 0.3 is 0 Å². The van der Waals surface area contributed by atoms with E-state index in [0.717, 1.165) is 6.54 Å². The molecule has 0 saturated heterocycles. The van der Waals surface area contributed by atoms with Crippen LogP contribution in [0.5, 0.6) is 5.88 Å². The van der Waals surface area contributed by atoms with Gasteiger partial charge in [-0.25, -0.2) is 18.2 Å². The zero-order chi connectivity index (χ0) is 13.5. The summed E-state index contributed by atoms with van der Waals surface area (Å²) in [5, 5.41) is 3.06. The molecule has 0 atom stereocenters. The van der Waals surface area contributed by atoms with E-state index in [1.165, 1.54) is 12.3 Å². The van der Waals surface area contributed by atoms with E-state index < -0.39 is 18.8 Å². The van der Waals surface area contributed by atoms with E-state index in [2.05, 4.69) is 15.0 Å². The number of pyridine rings is 1. The summed E-state index contributed by atoms with van der Waals surface area (Å²) in [6.45, 7) is 4.28. The monoisotopic (exact) mass is 262 g/mol. The van der Waals surface area contributed by atoms with Crippen molar-refractivity contribution in [1.82, 2.24) is 10.3 Å². The summed E-state index contributed by atoms with van der Waals surface area (Å²) in [7, 11) is 0. The van der Waals surface area contributed by atoms with Gasteiger partial charge in [0, 0.05) is 18.3 Å². The number of rotatable bonds is 7. The minimum absolute atomic E-state index is 0.317. The van der Waals surface area contributed by atoms with E-state index in [4.69, 9.17) is 0 Å². The molecule has 1 N–H and O–H groups in total. The highest BCUT2D eigenvalue weighted by atomic mass is 19.3. The Hall–Kier alpha value is -1.30. The molecule has 0 aliphatic heterocycles. The predicted molar refractivity (Wildman–Crippen MR) is 62.2 cm³/mol. The Morgan fingerprint density at radius 3 is 2.72 bits per heavy atom. The first-order valence-electron chi connectivity index (χ1n) is 5.75. The molecule has 0 radical (unpaired) electrons. The number of hydrogen-bond donors (Lipinski definition) is 1. The van der Waals surface area contributed by atoms with Crippen molar-refractivity contribution in [2.24, 2.45) is 5.92 Å². The van der Waals surface area contributed by atoms with Crippen LogP contribution in [0.3, 0.4) is 0 Å². The third kappa shape index (κ3) is 4.91. The van der Waals surface area contributed by atoms with Crippen molar-refractivity contribution in [3.8, 4) is 5.88 Å². The lowest BCUT2D eigenvalue weighted by atomic mass is 10.2. The maximum Gasteiger partial charge on any atom is 0.272 e. The minimum atomic E-state index is -2.64. The van der Waals surface area contributed by atoms with Crippen molar-refractivity contribution in [2.45, 2.75) is 26.8 Å². The highest BCUT2D eigenvalue weighted by molar-refractivity contribution is 5.23. The lowest BCUT2D eigenvalue weighted by Gasteiger charge is -2.10. The third-order valence-electron chi connectivity index (χ3n) is 2.15. The van der Waals surface area contributed by atoms with Crippen molar-refractivity contribution in [2.75, 3.05) is 13.2 Å². The predicted octanol–water partition coefficient (Wildman–Crippen LogP) is 2.61. The Labute approximate surface area is 104 Å². The second-order valence-corrected chi connectivity index (χ2v) is 4.32. The summed E-state index contributed by atoms with van der Waals surface area (Å²) < 4.78 is 42.3. The molecule has 0 aliphatic rings. The standard InChI is InChI=1S/C12H17F3N2O/c1-8(2)5-16-6-9-3-4-17-12(11(9)15)18-7-10(13)14/h3-4,8,10,16H,5-7H2,1-2H3. The zero-order valence-corrected chi connectivity index (χ0v) is 10.4. The quantitative estimate of drug-likeness (QED) is 0.820. The second-order valence-electron chi connectivity index (χ2n) is 4.32. The number of ether oxygens (including phenoxy) is 1. The van der Waals surface area contributed by atoms with Crippen molar-refractivity contribution in [3.05, 3.63) is 23.6 Å². The van der Waals surface area contributed by atoms with E-state index in [9.17, 15) is 13.2 Å². The van der Waals surface area contributed by atoms with Gasteiger partial charge in [-0.2, -0.15) is 0 Å². The van der Waals surface area contributed by atoms with Crippen LogP contribution in [0.1, 0.15) is 19.4 Å². The number of aromatic nitrogens is 1. The van der Waals surface area contributed by atoms with Gasteiger partial charge in [-0.1, -0.05) is 13.8 Å². The molecule has 0 bridgehead atoms. The molecule has 0 aliphatic carbocycles. The normalized spacial score (nSPS) is 11.3. The molecule has 1 heterocycles. The third-order valence-corrected chi connectivity index (χ3v) is 2.15. The first-order chi connectivity index (χ1) is 8.50. The molecule has 3 nitrogen and oxygen atoms in total. The summed E-state index contributed by atoms with van der Waals surface area (Å²) in [5.41, 5.74) is 0.356. The molecule has 6 heteroatoms. The largest absolute Gasteiger partial charge is 0.470 e. The topological polar surface area (TPSA) is 34.2 Å². The SMILES string of the molecule is CC(C)CNCc1ccnc(OCC(F)F)c1F. The van der Waals surface area contributed by atoms with Gasteiger partial charge in [0.1, 0.15) is 0 Å². The molecule has 0 aromatic carbocycles. The number of halogens is 3. The summed E-state index contributed by atoms with van der Waals surface area (Å²) in [6, 6.07) is 1.50. The molecule has 1 aromatic rings. The first kappa shape index (κ1) is 14.8. The van der Waals surface area contributed by atoms with Crippen LogP contribution in [0, 0.1) is 11.7 Å². The second kappa shape index (κ2) is 7.20. The molecule has 0 unspecified atom stereocenters. The van der Waals surface area contributed by atoms with Gasteiger partial charge in [-0.3, -0.25) is 0 Å². The van der Waals surface area contributed by atoms with Crippen LogP contribution < -0.4 is 10.1 Å². The smallest absolute Gasteiger partial charge is 0.272 e. The Morgan fingerprint density at radius 2 is 2.11 bits per heavy atom. The first-order valence-corrected chi connectivity index (χ1v) is 5.75. The Kier molecular flexibility index (Phi) is 5.91. The van der Waals surface area contributed by atoms with E-state index >= 15 is 0 Å². The van der Waals surface area contributed by atoms with Gasteiger partial charge < -0.3 is 10.1 Å². The maximum atomic E-state index is 13.8. The molecule has 0 spiro atoms. The van der Waals surface area contributed by atoms with Crippen LogP contribution in [-0.4, -0.2) is 24.6 Å². The van der Waals surface area contributed by atoms with Gasteiger partial charge in [0.15, 0.2) is 12.4 Å². The Balaban J connectivity index is 2.60. The molecular formula is C12H17F3N2O. The van der Waals surface area contributed by atoms with Crippen LogP contribution in [0.15, 0.2) is 12.3 Å². The van der Waals surface area contributed by atoms with E-state index in [1.807, 2.05) is 13.8 Å². The number of nitrogens with one attached hydrogen (secondary N) is 1. The number of alkyl halides is 2. The molecule has 0 amide bonds. The number of nitrogens with zero attached hydrogens (tertiary/aromatic N) is 1. The molecule has 102 valence electrons. The van der Waals surface area contributed by atoms with Gasteiger partial charge in [-0.15, -0.1) is 0 Å². The van der Waals surface area contributed by atoms with E-state index in [0.29, 0.717) is 18.0 Å². The molecule has 0 fully saturated rings. The highest BCUT2D eigenvalue weighted by Crippen LogP contribution is 2.17. The van der Waals surface area contributed by atoms with Crippen LogP contribution in [0.25, 0.3) is 0 Å². The van der Waals surface area contributed by atoms with Gasteiger partial charge in [0.25, 0.3) is 12.3 Å². The zero-order valence-electron chi connectivity index (χ0n) is 10.4. The average Bonchev–Trinajstić information content (AvgIpc) is 2.29. The Bertz CT molecular complexity index is 372. The molecule has 0 saturated carbocycles. The van der Waals surface area contributed by atoms with Crippen molar-refractivity contribution in [1.29, 1.82) is 0 Å².